The van der Waals surface area contributed by atoms with Crippen LogP contribution in [0.3, 0.4) is 0 Å². The van der Waals surface area contributed by atoms with E-state index < -0.39 is 0 Å². The summed E-state index contributed by atoms with van der Waals surface area (Å²) in [7, 11) is 1.68. The van der Waals surface area contributed by atoms with E-state index >= 15 is 0 Å². The number of hydrogen-bond donors (Lipinski definition) is 3. The molecule has 114 valence electrons. The Kier molecular flexibility index (Phi) is 5.56. The first-order valence-corrected chi connectivity index (χ1v) is 7.33. The van der Waals surface area contributed by atoms with Crippen molar-refractivity contribution < 1.29 is 9.84 Å². The van der Waals surface area contributed by atoms with Crippen molar-refractivity contribution in [2.45, 2.75) is 25.4 Å². The third-order valence-electron chi connectivity index (χ3n) is 3.78. The molecule has 0 aliphatic heterocycles. The van der Waals surface area contributed by atoms with Crippen LogP contribution in [0.4, 0.5) is 0 Å². The zero-order chi connectivity index (χ0) is 15.2. The van der Waals surface area contributed by atoms with Crippen molar-refractivity contribution in [3.63, 3.8) is 0 Å². The molecule has 21 heavy (non-hydrogen) atoms. The van der Waals surface area contributed by atoms with Crippen LogP contribution in [0.5, 0.6) is 5.75 Å². The fraction of sp³-hybridized carbons (Fsp3) is 0.412. The van der Waals surface area contributed by atoms with Crippen LogP contribution in [0, 0.1) is 0 Å². The molecule has 2 aromatic carbocycles. The molecule has 0 fully saturated rings. The maximum absolute atomic E-state index is 9.07. The summed E-state index contributed by atoms with van der Waals surface area (Å²) in [5.74, 6) is 0.841. The number of hydrogen-bond acceptors (Lipinski definition) is 4. The summed E-state index contributed by atoms with van der Waals surface area (Å²) in [5.41, 5.74) is 7.07. The highest BCUT2D eigenvalue weighted by Gasteiger charge is 2.19. The van der Waals surface area contributed by atoms with Gasteiger partial charge in [0.1, 0.15) is 5.75 Å². The molecule has 0 saturated heterocycles. The Hall–Kier alpha value is -1.62. The van der Waals surface area contributed by atoms with Gasteiger partial charge >= 0.3 is 0 Å². The lowest BCUT2D eigenvalue weighted by molar-refractivity contribution is 0.263. The highest BCUT2D eigenvalue weighted by molar-refractivity contribution is 5.88. The minimum absolute atomic E-state index is 0.00685. The lowest BCUT2D eigenvalue weighted by atomic mass is 9.96. The highest BCUT2D eigenvalue weighted by atomic mass is 16.5. The van der Waals surface area contributed by atoms with Crippen molar-refractivity contribution in [3.05, 3.63) is 42.0 Å². The Bertz CT molecular complexity index is 586. The zero-order valence-electron chi connectivity index (χ0n) is 12.7. The average molecular weight is 288 g/mol. The van der Waals surface area contributed by atoms with Crippen LogP contribution in [0.25, 0.3) is 10.8 Å². The van der Waals surface area contributed by atoms with Gasteiger partial charge in [-0.05, 0) is 30.2 Å². The van der Waals surface area contributed by atoms with Gasteiger partial charge in [0, 0.05) is 30.8 Å². The number of nitrogens with one attached hydrogen (secondary N) is 1. The lowest BCUT2D eigenvalue weighted by Gasteiger charge is -2.25. The summed E-state index contributed by atoms with van der Waals surface area (Å²) in [4.78, 5) is 0. The van der Waals surface area contributed by atoms with Crippen LogP contribution in [-0.2, 0) is 0 Å². The number of aliphatic hydroxyl groups excluding tert-OH is 1. The lowest BCUT2D eigenvalue weighted by Crippen LogP contribution is -2.35. The second kappa shape index (κ2) is 7.41. The van der Waals surface area contributed by atoms with Crippen LogP contribution in [0.15, 0.2) is 36.4 Å². The van der Waals surface area contributed by atoms with E-state index in [-0.39, 0.29) is 18.7 Å². The molecule has 0 amide bonds. The number of fused-ring (bicyclic) bond motifs is 1. The number of nitrogens with two attached hydrogens (primary N) is 1. The van der Waals surface area contributed by atoms with Crippen molar-refractivity contribution in [1.29, 1.82) is 0 Å². The van der Waals surface area contributed by atoms with Gasteiger partial charge in [-0.2, -0.15) is 0 Å². The molecule has 0 aromatic heterocycles. The van der Waals surface area contributed by atoms with Gasteiger partial charge in [0.15, 0.2) is 0 Å². The van der Waals surface area contributed by atoms with Gasteiger partial charge in [-0.1, -0.05) is 30.3 Å². The van der Waals surface area contributed by atoms with Gasteiger partial charge in [0.25, 0.3) is 0 Å². The van der Waals surface area contributed by atoms with Crippen molar-refractivity contribution >= 4 is 10.8 Å². The second-order valence-corrected chi connectivity index (χ2v) is 5.27. The Labute approximate surface area is 125 Å². The Balaban J connectivity index is 2.45. The highest BCUT2D eigenvalue weighted by Crippen LogP contribution is 2.33. The molecule has 2 aromatic rings. The van der Waals surface area contributed by atoms with Gasteiger partial charge < -0.3 is 20.9 Å². The minimum Gasteiger partial charge on any atom is -0.496 e. The van der Waals surface area contributed by atoms with Gasteiger partial charge in [-0.3, -0.25) is 0 Å². The van der Waals surface area contributed by atoms with Gasteiger partial charge in [0.2, 0.25) is 0 Å². The van der Waals surface area contributed by atoms with E-state index in [1.165, 1.54) is 5.39 Å². The predicted molar refractivity (Wildman–Crippen MR) is 86.6 cm³/mol. The molecule has 0 saturated carbocycles. The standard InChI is InChI=1S/C17H24N2O2/c1-12(9-10-20)19-15(11-18)17-14-6-4-3-5-13(14)7-8-16(17)21-2/h3-8,12,15,19-20H,9-11,18H2,1-2H3. The molecule has 2 rings (SSSR count). The molecule has 0 bridgehead atoms. The SMILES string of the molecule is COc1ccc2ccccc2c1C(CN)NC(C)CCO. The molecule has 4 N–H and O–H groups in total. The van der Waals surface area contributed by atoms with Crippen LogP contribution >= 0.6 is 0 Å². The van der Waals surface area contributed by atoms with E-state index in [4.69, 9.17) is 15.6 Å². The molecule has 0 heterocycles. The monoisotopic (exact) mass is 288 g/mol. The number of methoxy groups -OCH3 is 1. The molecular formula is C17H24N2O2. The van der Waals surface area contributed by atoms with Crippen molar-refractivity contribution in [2.24, 2.45) is 5.73 Å². The molecule has 0 spiro atoms. The van der Waals surface area contributed by atoms with E-state index in [0.717, 1.165) is 16.7 Å². The Morgan fingerprint density at radius 3 is 2.67 bits per heavy atom. The summed E-state index contributed by atoms with van der Waals surface area (Å²) in [5, 5.41) is 14.9. The van der Waals surface area contributed by atoms with Crippen LogP contribution in [-0.4, -0.2) is 31.4 Å². The molecule has 0 aliphatic carbocycles. The maximum atomic E-state index is 9.07. The van der Waals surface area contributed by atoms with Crippen LogP contribution in [0.1, 0.15) is 24.9 Å². The van der Waals surface area contributed by atoms with E-state index in [9.17, 15) is 0 Å². The van der Waals surface area contributed by atoms with Crippen molar-refractivity contribution in [2.75, 3.05) is 20.3 Å². The molecule has 4 nitrogen and oxygen atoms in total. The average Bonchev–Trinajstić information content (AvgIpc) is 2.52. The first-order valence-electron chi connectivity index (χ1n) is 7.33. The van der Waals surface area contributed by atoms with Crippen molar-refractivity contribution in [1.82, 2.24) is 5.32 Å². The molecule has 2 unspecified atom stereocenters. The fourth-order valence-corrected chi connectivity index (χ4v) is 2.70. The smallest absolute Gasteiger partial charge is 0.124 e. The first-order chi connectivity index (χ1) is 10.2. The maximum Gasteiger partial charge on any atom is 0.124 e. The van der Waals surface area contributed by atoms with Crippen molar-refractivity contribution in [3.8, 4) is 5.75 Å². The normalized spacial score (nSPS) is 14.1. The van der Waals surface area contributed by atoms with E-state index in [2.05, 4.69) is 30.4 Å². The number of rotatable bonds is 7. The first kappa shape index (κ1) is 15.8. The fourth-order valence-electron chi connectivity index (χ4n) is 2.70. The van der Waals surface area contributed by atoms with Gasteiger partial charge in [0.05, 0.1) is 7.11 Å². The molecule has 0 aliphatic rings. The third kappa shape index (κ3) is 3.53. The third-order valence-corrected chi connectivity index (χ3v) is 3.78. The molecule has 4 heteroatoms. The summed E-state index contributed by atoms with van der Waals surface area (Å²) < 4.78 is 5.53. The quantitative estimate of drug-likeness (QED) is 0.731. The summed E-state index contributed by atoms with van der Waals surface area (Å²) in [6.45, 7) is 2.69. The molecule has 2 atom stereocenters. The second-order valence-electron chi connectivity index (χ2n) is 5.27. The Morgan fingerprint density at radius 1 is 1.24 bits per heavy atom. The van der Waals surface area contributed by atoms with E-state index in [0.29, 0.717) is 13.0 Å². The van der Waals surface area contributed by atoms with Gasteiger partial charge in [-0.25, -0.2) is 0 Å². The number of ether oxygens (including phenoxy) is 1. The topological polar surface area (TPSA) is 67.5 Å². The Morgan fingerprint density at radius 2 is 2.00 bits per heavy atom. The molecule has 0 radical (unpaired) electrons. The zero-order valence-corrected chi connectivity index (χ0v) is 12.7. The van der Waals surface area contributed by atoms with Crippen LogP contribution < -0.4 is 15.8 Å². The summed E-state index contributed by atoms with van der Waals surface area (Å²) in [6.07, 6.45) is 0.698. The molecular weight excluding hydrogens is 264 g/mol. The number of aliphatic hydroxyl groups is 1. The van der Waals surface area contributed by atoms with E-state index in [1.54, 1.807) is 7.11 Å². The minimum atomic E-state index is -0.00685. The summed E-state index contributed by atoms with van der Waals surface area (Å²) >= 11 is 0. The largest absolute Gasteiger partial charge is 0.496 e. The number of benzene rings is 2. The predicted octanol–water partition coefficient (Wildman–Crippen LogP) is 2.21. The summed E-state index contributed by atoms with van der Waals surface area (Å²) in [6, 6.07) is 12.5. The van der Waals surface area contributed by atoms with E-state index in [1.807, 2.05) is 18.2 Å². The van der Waals surface area contributed by atoms with Crippen LogP contribution in [0.2, 0.25) is 0 Å². The van der Waals surface area contributed by atoms with Gasteiger partial charge in [-0.15, -0.1) is 0 Å².